The van der Waals surface area contributed by atoms with Crippen LogP contribution in [0.4, 0.5) is 0 Å². The summed E-state index contributed by atoms with van der Waals surface area (Å²) in [5.74, 6) is 7.36. The van der Waals surface area contributed by atoms with Gasteiger partial charge in [0.15, 0.2) is 0 Å². The molecule has 7 aliphatic rings. The van der Waals surface area contributed by atoms with E-state index in [1.54, 1.807) is 11.1 Å². The van der Waals surface area contributed by atoms with Gasteiger partial charge in [0.2, 0.25) is 0 Å². The highest BCUT2D eigenvalue weighted by atomic mass is 16.5. The van der Waals surface area contributed by atoms with Crippen molar-refractivity contribution >= 4 is 5.78 Å². The number of fused-ring (bicyclic) bond motifs is 5. The van der Waals surface area contributed by atoms with Crippen LogP contribution in [0.25, 0.3) is 0 Å². The second-order valence-electron chi connectivity index (χ2n) is 12.2. The monoisotopic (exact) mass is 404 g/mol. The van der Waals surface area contributed by atoms with Gasteiger partial charge in [0, 0.05) is 11.8 Å². The van der Waals surface area contributed by atoms with E-state index in [4.69, 9.17) is 4.74 Å². The summed E-state index contributed by atoms with van der Waals surface area (Å²) in [6.45, 7) is 2.28. The summed E-state index contributed by atoms with van der Waals surface area (Å²) in [4.78, 5) is 12.6. The van der Waals surface area contributed by atoms with Crippen LogP contribution in [0.5, 0.6) is 5.75 Å². The first-order valence-corrected chi connectivity index (χ1v) is 12.9. The molecule has 2 heteroatoms. The number of aryl methyl sites for hydroxylation is 1. The number of carbonyl (C=O) groups is 1. The Labute approximate surface area is 181 Å². The fourth-order valence-electron chi connectivity index (χ4n) is 9.63. The first kappa shape index (κ1) is 18.3. The Kier molecular flexibility index (Phi) is 3.88. The second kappa shape index (κ2) is 6.36. The lowest BCUT2D eigenvalue weighted by Crippen LogP contribution is -2.50. The predicted molar refractivity (Wildman–Crippen MR) is 118 cm³/mol. The van der Waals surface area contributed by atoms with Crippen LogP contribution in [-0.2, 0) is 11.2 Å². The van der Waals surface area contributed by atoms with Crippen LogP contribution >= 0.6 is 0 Å². The molecule has 0 amide bonds. The van der Waals surface area contributed by atoms with Crippen molar-refractivity contribution < 1.29 is 9.53 Å². The van der Waals surface area contributed by atoms with E-state index >= 15 is 0 Å². The Morgan fingerprint density at radius 2 is 1.70 bits per heavy atom. The minimum absolute atomic E-state index is 0.0127. The minimum atomic E-state index is -0.0127. The van der Waals surface area contributed by atoms with Crippen molar-refractivity contribution in [1.82, 2.24) is 0 Å². The Morgan fingerprint density at radius 1 is 0.933 bits per heavy atom. The number of ether oxygens (including phenoxy) is 1. The van der Waals surface area contributed by atoms with Gasteiger partial charge in [-0.05, 0) is 129 Å². The Hall–Kier alpha value is -1.31. The fourth-order valence-corrected chi connectivity index (χ4v) is 9.63. The van der Waals surface area contributed by atoms with Gasteiger partial charge in [0.1, 0.15) is 17.6 Å². The minimum Gasteiger partial charge on any atom is -0.490 e. The van der Waals surface area contributed by atoms with Crippen molar-refractivity contribution in [3.8, 4) is 5.75 Å². The van der Waals surface area contributed by atoms with E-state index in [-0.39, 0.29) is 5.41 Å². The number of rotatable bonds is 2. The molecule has 0 aliphatic heterocycles. The van der Waals surface area contributed by atoms with Gasteiger partial charge >= 0.3 is 0 Å². The first-order chi connectivity index (χ1) is 14.6. The molecular weight excluding hydrogens is 368 g/mol. The molecule has 0 aromatic heterocycles. The molecule has 4 bridgehead atoms. The van der Waals surface area contributed by atoms with E-state index in [1.807, 2.05) is 0 Å². The summed E-state index contributed by atoms with van der Waals surface area (Å²) >= 11 is 0. The van der Waals surface area contributed by atoms with Crippen molar-refractivity contribution in [1.29, 1.82) is 0 Å². The number of hydrogen-bond acceptors (Lipinski definition) is 2. The summed E-state index contributed by atoms with van der Waals surface area (Å²) in [5.41, 5.74) is 3.12. The Bertz CT molecular complexity index is 859. The molecule has 0 heterocycles. The van der Waals surface area contributed by atoms with E-state index in [0.29, 0.717) is 23.7 Å². The van der Waals surface area contributed by atoms with E-state index in [1.165, 1.54) is 51.4 Å². The smallest absolute Gasteiger partial charge is 0.139 e. The van der Waals surface area contributed by atoms with Crippen LogP contribution in [0.3, 0.4) is 0 Å². The van der Waals surface area contributed by atoms with E-state index in [2.05, 4.69) is 25.1 Å². The quantitative estimate of drug-likeness (QED) is 0.577. The van der Waals surface area contributed by atoms with Crippen LogP contribution < -0.4 is 4.74 Å². The van der Waals surface area contributed by atoms with Crippen molar-refractivity contribution in [3.63, 3.8) is 0 Å². The van der Waals surface area contributed by atoms with Crippen molar-refractivity contribution in [2.24, 2.45) is 40.9 Å². The molecule has 6 fully saturated rings. The van der Waals surface area contributed by atoms with Gasteiger partial charge in [-0.1, -0.05) is 13.0 Å². The zero-order valence-corrected chi connectivity index (χ0v) is 18.4. The van der Waals surface area contributed by atoms with Gasteiger partial charge in [-0.15, -0.1) is 0 Å². The average molecular weight is 405 g/mol. The van der Waals surface area contributed by atoms with Gasteiger partial charge in [-0.25, -0.2) is 0 Å². The molecule has 160 valence electrons. The standard InChI is InChI=1S/C28H36O2/c1-28-9-8-23-22-5-3-21(15-18(22)2-4-24(23)25(28)6-7-26(28)29)30-27-19-11-16-10-17(13-19)14-20(27)12-16/h3,5,15-17,19-20,23-25,27H,2,4,6-14H2,1H3/t16?,17?,19?,20?,23-,24-,25+,27?,28+/m1/s1. The van der Waals surface area contributed by atoms with E-state index in [9.17, 15) is 4.79 Å². The Morgan fingerprint density at radius 3 is 2.47 bits per heavy atom. The fraction of sp³-hybridized carbons (Fsp3) is 0.750. The van der Waals surface area contributed by atoms with Crippen molar-refractivity contribution in [2.75, 3.05) is 0 Å². The van der Waals surface area contributed by atoms with Crippen LogP contribution in [0, 0.1) is 40.9 Å². The first-order valence-electron chi connectivity index (χ1n) is 12.9. The maximum absolute atomic E-state index is 12.6. The SMILES string of the molecule is C[C@]12CC[C@@H]3c4ccc(OC5C6CC7CC(C6)CC5C7)cc4CC[C@H]3[C@@H]1CCC2=O. The zero-order valence-electron chi connectivity index (χ0n) is 18.4. The zero-order chi connectivity index (χ0) is 20.0. The molecule has 0 spiro atoms. The number of ketones is 1. The van der Waals surface area contributed by atoms with Crippen LogP contribution in [0.2, 0.25) is 0 Å². The maximum atomic E-state index is 12.6. The topological polar surface area (TPSA) is 26.3 Å². The van der Waals surface area contributed by atoms with Gasteiger partial charge in [-0.2, -0.15) is 0 Å². The average Bonchev–Trinajstić information content (AvgIpc) is 3.04. The molecule has 4 atom stereocenters. The summed E-state index contributed by atoms with van der Waals surface area (Å²) in [7, 11) is 0. The number of benzene rings is 1. The molecule has 2 nitrogen and oxygen atoms in total. The number of hydrogen-bond donors (Lipinski definition) is 0. The molecule has 8 rings (SSSR count). The van der Waals surface area contributed by atoms with Crippen LogP contribution in [0.15, 0.2) is 18.2 Å². The molecule has 0 radical (unpaired) electrons. The number of Topliss-reactive ketones (excluding diaryl/α,β-unsaturated/α-hetero) is 1. The van der Waals surface area contributed by atoms with Gasteiger partial charge in [0.25, 0.3) is 0 Å². The van der Waals surface area contributed by atoms with Gasteiger partial charge in [-0.3, -0.25) is 4.79 Å². The summed E-state index contributed by atoms with van der Waals surface area (Å²) in [6, 6.07) is 7.11. The lowest BCUT2D eigenvalue weighted by atomic mass is 9.55. The third-order valence-corrected chi connectivity index (χ3v) is 10.8. The van der Waals surface area contributed by atoms with Crippen molar-refractivity contribution in [3.05, 3.63) is 29.3 Å². The second-order valence-corrected chi connectivity index (χ2v) is 12.2. The van der Waals surface area contributed by atoms with E-state index in [0.717, 1.165) is 54.6 Å². The molecular formula is C28H36O2. The normalized spacial score (nSPS) is 48.2. The third kappa shape index (κ3) is 2.51. The predicted octanol–water partition coefficient (Wildman–Crippen LogP) is 6.32. The molecule has 0 N–H and O–H groups in total. The number of carbonyl (C=O) groups excluding carboxylic acids is 1. The van der Waals surface area contributed by atoms with Gasteiger partial charge in [0.05, 0.1) is 0 Å². The highest BCUT2D eigenvalue weighted by Crippen LogP contribution is 2.60. The lowest BCUT2D eigenvalue weighted by Gasteiger charge is -2.53. The third-order valence-electron chi connectivity index (χ3n) is 10.8. The Balaban J connectivity index is 1.13. The molecule has 7 aliphatic carbocycles. The maximum Gasteiger partial charge on any atom is 0.139 e. The molecule has 1 aromatic rings. The highest BCUT2D eigenvalue weighted by Gasteiger charge is 2.54. The molecule has 6 saturated carbocycles. The largest absolute Gasteiger partial charge is 0.490 e. The molecule has 1 aromatic carbocycles. The summed E-state index contributed by atoms with van der Waals surface area (Å²) < 4.78 is 6.75. The summed E-state index contributed by atoms with van der Waals surface area (Å²) in [6.07, 6.45) is 14.4. The lowest BCUT2D eigenvalue weighted by molar-refractivity contribution is -0.129. The van der Waals surface area contributed by atoms with Crippen LogP contribution in [-0.4, -0.2) is 11.9 Å². The molecule has 30 heavy (non-hydrogen) atoms. The summed E-state index contributed by atoms with van der Waals surface area (Å²) in [5, 5.41) is 0. The van der Waals surface area contributed by atoms with Gasteiger partial charge < -0.3 is 4.74 Å². The molecule has 0 unspecified atom stereocenters. The highest BCUT2D eigenvalue weighted by molar-refractivity contribution is 5.87. The van der Waals surface area contributed by atoms with E-state index < -0.39 is 0 Å². The van der Waals surface area contributed by atoms with Crippen LogP contribution in [0.1, 0.15) is 88.2 Å². The molecule has 0 saturated heterocycles. The van der Waals surface area contributed by atoms with Crippen molar-refractivity contribution in [2.45, 2.75) is 89.6 Å².